The maximum atomic E-state index is 13.4. The number of carbonyl (C=O) groups excluding carboxylic acids is 3. The van der Waals surface area contributed by atoms with Crippen molar-refractivity contribution in [2.24, 2.45) is 0 Å². The van der Waals surface area contributed by atoms with Crippen molar-refractivity contribution in [3.63, 3.8) is 0 Å². The summed E-state index contributed by atoms with van der Waals surface area (Å²) in [6.07, 6.45) is 0.634. The summed E-state index contributed by atoms with van der Waals surface area (Å²) < 4.78 is 6.09. The number of hydrazine groups is 1. The number of pyridine rings is 1. The van der Waals surface area contributed by atoms with E-state index in [1.54, 1.807) is 24.3 Å². The number of methoxy groups -OCH3 is 1. The molecule has 0 saturated carbocycles. The lowest BCUT2D eigenvalue weighted by molar-refractivity contribution is 0.0921. The molecule has 3 N–H and O–H groups in total. The Morgan fingerprint density at radius 1 is 1.08 bits per heavy atom. The molecule has 4 rings (SSSR count). The summed E-state index contributed by atoms with van der Waals surface area (Å²) in [5.41, 5.74) is 5.38. The maximum Gasteiger partial charge on any atom is 0.425 e. The Labute approximate surface area is 223 Å². The molecule has 0 unspecified atom stereocenters. The normalized spacial score (nSPS) is 10.7. The zero-order chi connectivity index (χ0) is 26.0. The minimum absolute atomic E-state index is 0.00357. The van der Waals surface area contributed by atoms with Crippen molar-refractivity contribution in [1.29, 1.82) is 0 Å². The maximum absolute atomic E-state index is 13.4. The average Bonchev–Trinajstić information content (AvgIpc) is 3.25. The molecule has 4 aromatic rings. The number of carbonyl (C=O) groups is 3. The first-order chi connectivity index (χ1) is 17.2. The number of anilines is 1. The zero-order valence-electron chi connectivity index (χ0n) is 18.7. The molecule has 2 aromatic heterocycles. The highest BCUT2D eigenvalue weighted by Gasteiger charge is 2.24. The number of nitrogens with one attached hydrogen (secondary N) is 3. The van der Waals surface area contributed by atoms with E-state index in [9.17, 15) is 14.4 Å². The number of benzene rings is 2. The van der Waals surface area contributed by atoms with Crippen LogP contribution in [0.25, 0.3) is 16.6 Å². The van der Waals surface area contributed by atoms with Crippen LogP contribution in [0.15, 0.2) is 53.3 Å². The third-order valence-corrected chi connectivity index (χ3v) is 6.11. The molecule has 0 bridgehead atoms. The minimum Gasteiger partial charge on any atom is -0.452 e. The van der Waals surface area contributed by atoms with E-state index in [0.717, 1.165) is 12.6 Å². The molecular weight excluding hydrogens is 574 g/mol. The van der Waals surface area contributed by atoms with E-state index in [2.05, 4.69) is 46.9 Å². The molecule has 0 atom stereocenters. The number of aromatic nitrogens is 3. The fourth-order valence-electron chi connectivity index (χ4n) is 3.40. The second-order valence-electron chi connectivity index (χ2n) is 7.44. The lowest BCUT2D eigenvalue weighted by Crippen LogP contribution is -2.41. The monoisotopic (exact) mass is 588 g/mol. The molecule has 0 aliphatic carbocycles. The molecule has 14 heteroatoms. The highest BCUT2D eigenvalue weighted by atomic mass is 79.9. The van der Waals surface area contributed by atoms with Crippen molar-refractivity contribution in [2.75, 3.05) is 12.4 Å². The van der Waals surface area contributed by atoms with E-state index in [0.29, 0.717) is 15.4 Å². The van der Waals surface area contributed by atoms with Crippen molar-refractivity contribution >= 4 is 86.8 Å². The van der Waals surface area contributed by atoms with Crippen molar-refractivity contribution < 1.29 is 19.1 Å². The summed E-state index contributed by atoms with van der Waals surface area (Å²) in [6, 6.07) is 11.8. The van der Waals surface area contributed by atoms with Crippen LogP contribution in [0.4, 0.5) is 10.5 Å². The van der Waals surface area contributed by atoms with Gasteiger partial charge in [-0.2, -0.15) is 5.10 Å². The van der Waals surface area contributed by atoms with Gasteiger partial charge in [-0.3, -0.25) is 15.0 Å². The molecular formula is C22H16BBrCl2N6O4. The van der Waals surface area contributed by atoms with Crippen LogP contribution in [-0.4, -0.2) is 47.6 Å². The predicted molar refractivity (Wildman–Crippen MR) is 142 cm³/mol. The minimum atomic E-state index is -0.877. The summed E-state index contributed by atoms with van der Waals surface area (Å²) in [5, 5.41) is 8.63. The van der Waals surface area contributed by atoms with Gasteiger partial charge in [-0.05, 0) is 39.5 Å². The standard InChI is InChI=1S/C22H16BBrCl2N6O4/c1-36-22(35)30-29-20(33)13-8-10-7-11(23)4-5-12(10)17(26)18(13)28-21(34)15-9-16(24)31-32(15)19-14(25)3-2-6-27-19/h2-9H,23H2,1H3,(H,28,34)(H,29,33)(H,30,35). The quantitative estimate of drug-likeness (QED) is 0.248. The molecule has 0 spiro atoms. The highest BCUT2D eigenvalue weighted by molar-refractivity contribution is 9.10. The molecule has 36 heavy (non-hydrogen) atoms. The number of halogens is 3. The lowest BCUT2D eigenvalue weighted by Gasteiger charge is -2.16. The number of fused-ring (bicyclic) bond motifs is 1. The van der Waals surface area contributed by atoms with Gasteiger partial charge in [0.25, 0.3) is 11.8 Å². The van der Waals surface area contributed by atoms with Gasteiger partial charge in [0.1, 0.15) is 18.1 Å². The van der Waals surface area contributed by atoms with Crippen LogP contribution >= 0.6 is 39.1 Å². The molecule has 0 aliphatic rings. The molecule has 2 aromatic carbocycles. The first-order valence-electron chi connectivity index (χ1n) is 10.2. The number of ether oxygens (including phenoxy) is 1. The number of hydrogen-bond acceptors (Lipinski definition) is 6. The smallest absolute Gasteiger partial charge is 0.425 e. The second kappa shape index (κ2) is 10.6. The van der Waals surface area contributed by atoms with Crippen LogP contribution < -0.4 is 21.6 Å². The molecule has 0 fully saturated rings. The molecule has 10 nitrogen and oxygen atoms in total. The van der Waals surface area contributed by atoms with Gasteiger partial charge in [0.05, 0.1) is 28.4 Å². The van der Waals surface area contributed by atoms with Crippen LogP contribution in [-0.2, 0) is 4.74 Å². The fourth-order valence-corrected chi connectivity index (χ4v) is 4.29. The van der Waals surface area contributed by atoms with Gasteiger partial charge in [-0.15, -0.1) is 0 Å². The van der Waals surface area contributed by atoms with E-state index in [1.165, 1.54) is 16.9 Å². The summed E-state index contributed by atoms with van der Waals surface area (Å²) in [5.74, 6) is -1.14. The first kappa shape index (κ1) is 25.5. The first-order valence-corrected chi connectivity index (χ1v) is 11.8. The number of nitrogens with zero attached hydrogens (tertiary/aromatic N) is 3. The van der Waals surface area contributed by atoms with Gasteiger partial charge in [-0.1, -0.05) is 46.9 Å². The van der Waals surface area contributed by atoms with Gasteiger partial charge in [0, 0.05) is 17.6 Å². The van der Waals surface area contributed by atoms with E-state index in [4.69, 9.17) is 23.2 Å². The van der Waals surface area contributed by atoms with Crippen molar-refractivity contribution in [3.05, 3.63) is 74.6 Å². The van der Waals surface area contributed by atoms with Gasteiger partial charge < -0.3 is 10.1 Å². The van der Waals surface area contributed by atoms with Gasteiger partial charge >= 0.3 is 6.09 Å². The van der Waals surface area contributed by atoms with Gasteiger partial charge in [-0.25, -0.2) is 19.9 Å². The SMILES string of the molecule is Bc1ccc2c(Cl)c(NC(=O)c3cc(Br)nn3-c3ncccc3Cl)c(C(=O)NNC(=O)OC)cc2c1. The Hall–Kier alpha value is -3.61. The Bertz CT molecular complexity index is 1530. The molecule has 182 valence electrons. The fraction of sp³-hybridized carbons (Fsp3) is 0.0455. The Morgan fingerprint density at radius 2 is 1.86 bits per heavy atom. The third kappa shape index (κ3) is 5.15. The van der Waals surface area contributed by atoms with Crippen molar-refractivity contribution in [1.82, 2.24) is 25.6 Å². The highest BCUT2D eigenvalue weighted by Crippen LogP contribution is 2.35. The van der Waals surface area contributed by atoms with Crippen LogP contribution in [0.1, 0.15) is 20.8 Å². The van der Waals surface area contributed by atoms with Crippen molar-refractivity contribution in [2.45, 2.75) is 0 Å². The summed E-state index contributed by atoms with van der Waals surface area (Å²) in [6.45, 7) is 0. The van der Waals surface area contributed by atoms with E-state index in [1.807, 2.05) is 20.0 Å². The van der Waals surface area contributed by atoms with E-state index < -0.39 is 17.9 Å². The lowest BCUT2D eigenvalue weighted by atomic mass is 9.92. The number of amides is 3. The Kier molecular flexibility index (Phi) is 7.48. The van der Waals surface area contributed by atoms with E-state index in [-0.39, 0.29) is 32.8 Å². The van der Waals surface area contributed by atoms with Gasteiger partial charge in [0.2, 0.25) is 0 Å². The molecule has 3 amide bonds. The van der Waals surface area contributed by atoms with Gasteiger partial charge in [0.15, 0.2) is 5.82 Å². The summed E-state index contributed by atoms with van der Waals surface area (Å²) in [4.78, 5) is 42.0. The van der Waals surface area contributed by atoms with Crippen molar-refractivity contribution in [3.8, 4) is 5.82 Å². The summed E-state index contributed by atoms with van der Waals surface area (Å²) in [7, 11) is 3.04. The molecule has 2 heterocycles. The molecule has 0 radical (unpaired) electrons. The van der Waals surface area contributed by atoms with Crippen LogP contribution in [0.3, 0.4) is 0 Å². The van der Waals surface area contributed by atoms with E-state index >= 15 is 0 Å². The average molecular weight is 590 g/mol. The Balaban J connectivity index is 1.79. The molecule has 0 saturated heterocycles. The van der Waals surface area contributed by atoms with Crippen LogP contribution in [0.5, 0.6) is 0 Å². The number of hydrogen-bond donors (Lipinski definition) is 3. The number of rotatable bonds is 4. The van der Waals surface area contributed by atoms with Crippen LogP contribution in [0.2, 0.25) is 10.0 Å². The predicted octanol–water partition coefficient (Wildman–Crippen LogP) is 3.00. The van der Waals surface area contributed by atoms with Crippen LogP contribution in [0, 0.1) is 0 Å². The largest absolute Gasteiger partial charge is 0.452 e. The topological polar surface area (TPSA) is 127 Å². The molecule has 0 aliphatic heterocycles. The second-order valence-corrected chi connectivity index (χ2v) is 9.03. The third-order valence-electron chi connectivity index (χ3n) is 5.03. The summed E-state index contributed by atoms with van der Waals surface area (Å²) >= 11 is 16.2. The zero-order valence-corrected chi connectivity index (χ0v) is 21.8. The Morgan fingerprint density at radius 3 is 2.58 bits per heavy atom.